The molecule has 0 radical (unpaired) electrons. The van der Waals surface area contributed by atoms with Crippen LogP contribution in [0.25, 0.3) is 0 Å². The van der Waals surface area contributed by atoms with Gasteiger partial charge in [-0.1, -0.05) is 18.9 Å². The Balaban J connectivity index is 2.21. The fraction of sp³-hybridized carbons (Fsp3) is 0.571. The van der Waals surface area contributed by atoms with Gasteiger partial charge in [0.15, 0.2) is 0 Å². The summed E-state index contributed by atoms with van der Waals surface area (Å²) in [5.41, 5.74) is 6.85. The standard InChI is InChI=1S/C14H24N4O2S/c1-18(2)14(8-3-4-9-14)10-17-11-6-5-7-12(13(11)15)21(16,19)20/h5-7,17H,3-4,8-10,15H2,1-2H3,(H2,16,19,20). The molecule has 0 heterocycles. The van der Waals surface area contributed by atoms with Gasteiger partial charge in [0, 0.05) is 12.1 Å². The van der Waals surface area contributed by atoms with Gasteiger partial charge in [0.1, 0.15) is 4.90 Å². The Kier molecular flexibility index (Phi) is 4.46. The Bertz CT molecular complexity index is 607. The van der Waals surface area contributed by atoms with E-state index < -0.39 is 10.0 Å². The SMILES string of the molecule is CN(C)C1(CNc2cccc(S(N)(=O)=O)c2N)CCCC1. The number of nitrogens with zero attached hydrogens (tertiary/aromatic N) is 1. The number of benzene rings is 1. The van der Waals surface area contributed by atoms with E-state index in [-0.39, 0.29) is 16.1 Å². The van der Waals surface area contributed by atoms with E-state index in [4.69, 9.17) is 10.9 Å². The van der Waals surface area contributed by atoms with Gasteiger partial charge in [-0.2, -0.15) is 0 Å². The highest BCUT2D eigenvalue weighted by atomic mass is 32.2. The molecule has 5 N–H and O–H groups in total. The van der Waals surface area contributed by atoms with Crippen LogP contribution in [0.4, 0.5) is 11.4 Å². The largest absolute Gasteiger partial charge is 0.396 e. The van der Waals surface area contributed by atoms with Gasteiger partial charge in [-0.15, -0.1) is 0 Å². The minimum absolute atomic E-state index is 0.0298. The Morgan fingerprint density at radius 3 is 2.43 bits per heavy atom. The van der Waals surface area contributed by atoms with Crippen LogP contribution in [0.5, 0.6) is 0 Å². The lowest BCUT2D eigenvalue weighted by Gasteiger charge is -2.37. The molecule has 0 spiro atoms. The van der Waals surface area contributed by atoms with Crippen molar-refractivity contribution in [1.29, 1.82) is 0 Å². The molecular weight excluding hydrogens is 288 g/mol. The summed E-state index contributed by atoms with van der Waals surface area (Å²) in [6.07, 6.45) is 4.68. The van der Waals surface area contributed by atoms with Gasteiger partial charge in [-0.3, -0.25) is 0 Å². The highest BCUT2D eigenvalue weighted by molar-refractivity contribution is 7.89. The number of likely N-dealkylation sites (N-methyl/N-ethyl adjacent to an activating group) is 1. The quantitative estimate of drug-likeness (QED) is 0.709. The van der Waals surface area contributed by atoms with Crippen LogP contribution in [-0.4, -0.2) is 39.5 Å². The van der Waals surface area contributed by atoms with Gasteiger partial charge in [-0.25, -0.2) is 13.6 Å². The molecule has 0 bridgehead atoms. The van der Waals surface area contributed by atoms with Crippen molar-refractivity contribution in [3.8, 4) is 0 Å². The fourth-order valence-electron chi connectivity index (χ4n) is 3.02. The summed E-state index contributed by atoms with van der Waals surface area (Å²) in [5, 5.41) is 8.48. The molecular formula is C14H24N4O2S. The van der Waals surface area contributed by atoms with Gasteiger partial charge in [0.25, 0.3) is 0 Å². The zero-order valence-electron chi connectivity index (χ0n) is 12.6. The van der Waals surface area contributed by atoms with Crippen LogP contribution < -0.4 is 16.2 Å². The van der Waals surface area contributed by atoms with Gasteiger partial charge in [-0.05, 0) is 39.1 Å². The first kappa shape index (κ1) is 16.1. The Hall–Kier alpha value is -1.31. The van der Waals surface area contributed by atoms with Gasteiger partial charge < -0.3 is 16.0 Å². The number of sulfonamides is 1. The minimum atomic E-state index is -3.80. The van der Waals surface area contributed by atoms with Gasteiger partial charge in [0.05, 0.1) is 11.4 Å². The van der Waals surface area contributed by atoms with Crippen LogP contribution in [0.15, 0.2) is 23.1 Å². The third-order valence-corrected chi connectivity index (χ3v) is 5.43. The first-order chi connectivity index (χ1) is 9.76. The van der Waals surface area contributed by atoms with Crippen molar-refractivity contribution < 1.29 is 8.42 Å². The molecule has 1 aliphatic carbocycles. The first-order valence-electron chi connectivity index (χ1n) is 7.09. The summed E-state index contributed by atoms with van der Waals surface area (Å²) in [4.78, 5) is 2.21. The maximum absolute atomic E-state index is 11.5. The second kappa shape index (κ2) is 5.82. The number of hydrogen-bond acceptors (Lipinski definition) is 5. The van der Waals surface area contributed by atoms with E-state index in [1.54, 1.807) is 12.1 Å². The van der Waals surface area contributed by atoms with E-state index in [0.717, 1.165) is 19.4 Å². The van der Waals surface area contributed by atoms with Crippen molar-refractivity contribution in [2.75, 3.05) is 31.7 Å². The molecule has 1 aliphatic rings. The van der Waals surface area contributed by atoms with Crippen molar-refractivity contribution in [3.63, 3.8) is 0 Å². The normalized spacial score (nSPS) is 18.1. The highest BCUT2D eigenvalue weighted by Crippen LogP contribution is 2.35. The van der Waals surface area contributed by atoms with E-state index >= 15 is 0 Å². The van der Waals surface area contributed by atoms with Crippen LogP contribution in [0.3, 0.4) is 0 Å². The Morgan fingerprint density at radius 2 is 1.90 bits per heavy atom. The number of anilines is 2. The molecule has 0 amide bonds. The maximum atomic E-state index is 11.5. The number of primary sulfonamides is 1. The molecule has 1 saturated carbocycles. The molecule has 0 saturated heterocycles. The van der Waals surface area contributed by atoms with Crippen LogP contribution in [0, 0.1) is 0 Å². The zero-order valence-corrected chi connectivity index (χ0v) is 13.4. The predicted molar refractivity (Wildman–Crippen MR) is 85.6 cm³/mol. The average Bonchev–Trinajstić information content (AvgIpc) is 2.86. The van der Waals surface area contributed by atoms with E-state index in [2.05, 4.69) is 24.3 Å². The van der Waals surface area contributed by atoms with Crippen LogP contribution in [0.2, 0.25) is 0 Å². The lowest BCUT2D eigenvalue weighted by atomic mass is 9.96. The van der Waals surface area contributed by atoms with Crippen LogP contribution in [-0.2, 0) is 10.0 Å². The molecule has 7 heteroatoms. The molecule has 0 unspecified atom stereocenters. The van der Waals surface area contributed by atoms with E-state index in [9.17, 15) is 8.42 Å². The number of hydrogen-bond donors (Lipinski definition) is 3. The monoisotopic (exact) mass is 312 g/mol. The summed E-state index contributed by atoms with van der Waals surface area (Å²) in [7, 11) is 0.361. The molecule has 0 aromatic heterocycles. The average molecular weight is 312 g/mol. The summed E-state index contributed by atoms with van der Waals surface area (Å²) >= 11 is 0. The zero-order chi connectivity index (χ0) is 15.7. The second-order valence-electron chi connectivity index (χ2n) is 5.94. The summed E-state index contributed by atoms with van der Waals surface area (Å²) in [6, 6.07) is 4.85. The third kappa shape index (κ3) is 3.30. The fourth-order valence-corrected chi connectivity index (χ4v) is 3.71. The second-order valence-corrected chi connectivity index (χ2v) is 7.47. The minimum Gasteiger partial charge on any atom is -0.396 e. The molecule has 0 aliphatic heterocycles. The number of para-hydroxylation sites is 1. The van der Waals surface area contributed by atoms with Gasteiger partial charge >= 0.3 is 0 Å². The van der Waals surface area contributed by atoms with Gasteiger partial charge in [0.2, 0.25) is 10.0 Å². The number of nitrogens with two attached hydrogens (primary N) is 2. The van der Waals surface area contributed by atoms with Crippen LogP contribution >= 0.6 is 0 Å². The smallest absolute Gasteiger partial charge is 0.240 e. The highest BCUT2D eigenvalue weighted by Gasteiger charge is 2.35. The lowest BCUT2D eigenvalue weighted by Crippen LogP contribution is -2.47. The van der Waals surface area contributed by atoms with E-state index in [1.165, 1.54) is 18.9 Å². The van der Waals surface area contributed by atoms with E-state index in [0.29, 0.717) is 5.69 Å². The number of nitrogen functional groups attached to an aromatic ring is 1. The van der Waals surface area contributed by atoms with Crippen molar-refractivity contribution in [2.45, 2.75) is 36.1 Å². The molecule has 0 atom stereocenters. The van der Waals surface area contributed by atoms with E-state index in [1.807, 2.05) is 0 Å². The molecule has 1 aromatic carbocycles. The van der Waals surface area contributed by atoms with Crippen LogP contribution in [0.1, 0.15) is 25.7 Å². The lowest BCUT2D eigenvalue weighted by molar-refractivity contribution is 0.172. The first-order valence-corrected chi connectivity index (χ1v) is 8.63. The summed E-state index contributed by atoms with van der Waals surface area (Å²) in [6.45, 7) is 0.734. The number of rotatable bonds is 5. The molecule has 21 heavy (non-hydrogen) atoms. The van der Waals surface area contributed by atoms with Crippen molar-refractivity contribution in [3.05, 3.63) is 18.2 Å². The van der Waals surface area contributed by atoms with Crippen molar-refractivity contribution in [1.82, 2.24) is 4.90 Å². The maximum Gasteiger partial charge on any atom is 0.240 e. The van der Waals surface area contributed by atoms with Crippen molar-refractivity contribution >= 4 is 21.4 Å². The van der Waals surface area contributed by atoms with Crippen molar-refractivity contribution in [2.24, 2.45) is 5.14 Å². The summed E-state index contributed by atoms with van der Waals surface area (Å²) < 4.78 is 23.0. The topological polar surface area (TPSA) is 101 Å². The molecule has 118 valence electrons. The summed E-state index contributed by atoms with van der Waals surface area (Å²) in [5.74, 6) is 0. The molecule has 6 nitrogen and oxygen atoms in total. The third-order valence-electron chi connectivity index (χ3n) is 4.46. The number of nitrogens with one attached hydrogen (secondary N) is 1. The molecule has 2 rings (SSSR count). The Morgan fingerprint density at radius 1 is 1.29 bits per heavy atom. The molecule has 1 aromatic rings. The predicted octanol–water partition coefficient (Wildman–Crippen LogP) is 1.20. The Labute approximate surface area is 126 Å². The molecule has 1 fully saturated rings.